The van der Waals surface area contributed by atoms with Crippen molar-refractivity contribution in [2.24, 2.45) is 16.7 Å². The first-order valence-electron chi connectivity index (χ1n) is 5.61. The molecule has 0 heterocycles. The summed E-state index contributed by atoms with van der Waals surface area (Å²) in [6, 6.07) is 0. The van der Waals surface area contributed by atoms with Crippen molar-refractivity contribution >= 4 is 0 Å². The molecule has 2 rings (SSSR count). The Morgan fingerprint density at radius 3 is 2.46 bits per heavy atom. The van der Waals surface area contributed by atoms with E-state index in [-0.39, 0.29) is 0 Å². The van der Waals surface area contributed by atoms with Crippen LogP contribution in [0.25, 0.3) is 0 Å². The normalized spacial score (nSPS) is 47.1. The number of rotatable bonds is 2. The van der Waals surface area contributed by atoms with Crippen LogP contribution in [0.5, 0.6) is 0 Å². The number of methoxy groups -OCH3 is 1. The van der Waals surface area contributed by atoms with Gasteiger partial charge >= 0.3 is 0 Å². The van der Waals surface area contributed by atoms with E-state index >= 15 is 0 Å². The Bertz CT molecular complexity index is 209. The first-order chi connectivity index (χ1) is 6.08. The molecule has 76 valence electrons. The van der Waals surface area contributed by atoms with Crippen molar-refractivity contribution in [3.05, 3.63) is 0 Å². The van der Waals surface area contributed by atoms with Gasteiger partial charge in [0.1, 0.15) is 0 Å². The Labute approximate surface area is 81.9 Å². The van der Waals surface area contributed by atoms with Crippen molar-refractivity contribution in [3.63, 3.8) is 0 Å². The highest BCUT2D eigenvalue weighted by molar-refractivity contribution is 5.12. The Morgan fingerprint density at radius 2 is 2.08 bits per heavy atom. The topological polar surface area (TPSA) is 9.23 Å². The van der Waals surface area contributed by atoms with Crippen LogP contribution in [0.4, 0.5) is 0 Å². The lowest BCUT2D eigenvalue weighted by molar-refractivity contribution is -0.0352. The first kappa shape index (κ1) is 9.51. The molecule has 1 heteroatoms. The molecular formula is C12H22O. The van der Waals surface area contributed by atoms with Gasteiger partial charge in [0.25, 0.3) is 0 Å². The van der Waals surface area contributed by atoms with Gasteiger partial charge in [0.15, 0.2) is 0 Å². The highest BCUT2D eigenvalue weighted by Crippen LogP contribution is 2.67. The Hall–Kier alpha value is -0.0400. The Kier molecular flexibility index (Phi) is 1.99. The van der Waals surface area contributed by atoms with Crippen molar-refractivity contribution in [2.75, 3.05) is 7.11 Å². The lowest BCUT2D eigenvalue weighted by Crippen LogP contribution is -2.38. The molecule has 2 aliphatic rings. The lowest BCUT2D eigenvalue weighted by Gasteiger charge is -2.41. The summed E-state index contributed by atoms with van der Waals surface area (Å²) >= 11 is 0. The van der Waals surface area contributed by atoms with Crippen LogP contribution in [0.3, 0.4) is 0 Å². The minimum absolute atomic E-state index is 0.492. The standard InChI is InChI=1S/C12H22O/c1-5-12-7-6-9(11(12,2)3)8-10(12)13-4/h9-10H,5-8H2,1-4H3. The fraction of sp³-hybridized carbons (Fsp3) is 1.00. The van der Waals surface area contributed by atoms with E-state index in [1.807, 2.05) is 7.11 Å². The third kappa shape index (κ3) is 0.918. The van der Waals surface area contributed by atoms with E-state index in [0.717, 1.165) is 5.92 Å². The fourth-order valence-electron chi connectivity index (χ4n) is 4.18. The molecule has 2 fully saturated rings. The Morgan fingerprint density at radius 1 is 1.38 bits per heavy atom. The molecule has 2 saturated carbocycles. The number of fused-ring (bicyclic) bond motifs is 2. The van der Waals surface area contributed by atoms with Crippen LogP contribution in [0.2, 0.25) is 0 Å². The average molecular weight is 182 g/mol. The molecule has 3 unspecified atom stereocenters. The second-order valence-corrected chi connectivity index (χ2v) is 5.43. The van der Waals surface area contributed by atoms with Gasteiger partial charge in [0.05, 0.1) is 6.10 Å². The maximum atomic E-state index is 5.67. The van der Waals surface area contributed by atoms with Crippen LogP contribution < -0.4 is 0 Å². The van der Waals surface area contributed by atoms with E-state index in [2.05, 4.69) is 20.8 Å². The SMILES string of the molecule is CCC12CCC(CC1OC)C2(C)C. The fourth-order valence-corrected chi connectivity index (χ4v) is 4.18. The van der Waals surface area contributed by atoms with Gasteiger partial charge in [-0.15, -0.1) is 0 Å². The first-order valence-corrected chi connectivity index (χ1v) is 5.61. The molecule has 0 aromatic heterocycles. The van der Waals surface area contributed by atoms with Gasteiger partial charge in [-0.3, -0.25) is 0 Å². The second-order valence-electron chi connectivity index (χ2n) is 5.43. The minimum atomic E-state index is 0.492. The van der Waals surface area contributed by atoms with Crippen LogP contribution in [0.15, 0.2) is 0 Å². The van der Waals surface area contributed by atoms with Crippen molar-refractivity contribution in [3.8, 4) is 0 Å². The average Bonchev–Trinajstić information content (AvgIpc) is 2.50. The van der Waals surface area contributed by atoms with Gasteiger partial charge in [-0.1, -0.05) is 20.8 Å². The van der Waals surface area contributed by atoms with E-state index in [0.29, 0.717) is 16.9 Å². The molecule has 2 bridgehead atoms. The summed E-state index contributed by atoms with van der Waals surface area (Å²) in [6.07, 6.45) is 5.94. The van der Waals surface area contributed by atoms with Crippen LogP contribution in [-0.2, 0) is 4.74 Å². The zero-order chi connectivity index (χ0) is 9.69. The summed E-state index contributed by atoms with van der Waals surface area (Å²) in [4.78, 5) is 0. The Balaban J connectivity index is 2.35. The van der Waals surface area contributed by atoms with Crippen LogP contribution >= 0.6 is 0 Å². The van der Waals surface area contributed by atoms with Crippen LogP contribution in [0.1, 0.15) is 46.5 Å². The smallest absolute Gasteiger partial charge is 0.0635 e. The van der Waals surface area contributed by atoms with Crippen LogP contribution in [-0.4, -0.2) is 13.2 Å². The summed E-state index contributed by atoms with van der Waals surface area (Å²) in [5.41, 5.74) is 1.01. The van der Waals surface area contributed by atoms with Gasteiger partial charge in [-0.25, -0.2) is 0 Å². The minimum Gasteiger partial charge on any atom is -0.381 e. The predicted molar refractivity (Wildman–Crippen MR) is 54.6 cm³/mol. The second kappa shape index (κ2) is 2.73. The van der Waals surface area contributed by atoms with Gasteiger partial charge in [-0.05, 0) is 37.0 Å². The molecule has 0 amide bonds. The lowest BCUT2D eigenvalue weighted by atomic mass is 9.67. The largest absolute Gasteiger partial charge is 0.381 e. The number of hydrogen-bond donors (Lipinski definition) is 0. The molecular weight excluding hydrogens is 160 g/mol. The molecule has 3 atom stereocenters. The third-order valence-electron chi connectivity index (χ3n) is 5.27. The molecule has 0 spiro atoms. The van der Waals surface area contributed by atoms with Crippen LogP contribution in [0, 0.1) is 16.7 Å². The molecule has 13 heavy (non-hydrogen) atoms. The molecule has 2 aliphatic carbocycles. The molecule has 0 N–H and O–H groups in total. The van der Waals surface area contributed by atoms with Gasteiger partial charge in [0.2, 0.25) is 0 Å². The molecule has 0 aromatic rings. The van der Waals surface area contributed by atoms with E-state index < -0.39 is 0 Å². The number of hydrogen-bond acceptors (Lipinski definition) is 1. The van der Waals surface area contributed by atoms with Gasteiger partial charge in [-0.2, -0.15) is 0 Å². The van der Waals surface area contributed by atoms with Crippen molar-refractivity contribution < 1.29 is 4.74 Å². The maximum Gasteiger partial charge on any atom is 0.0635 e. The summed E-state index contributed by atoms with van der Waals surface area (Å²) in [5.74, 6) is 0.914. The quantitative estimate of drug-likeness (QED) is 0.637. The molecule has 0 aromatic carbocycles. The monoisotopic (exact) mass is 182 g/mol. The summed E-state index contributed by atoms with van der Waals surface area (Å²) in [5, 5.41) is 0. The van der Waals surface area contributed by atoms with Crippen molar-refractivity contribution in [1.82, 2.24) is 0 Å². The summed E-state index contributed by atoms with van der Waals surface area (Å²) < 4.78 is 5.67. The highest BCUT2D eigenvalue weighted by atomic mass is 16.5. The molecule has 0 saturated heterocycles. The van der Waals surface area contributed by atoms with Crippen molar-refractivity contribution in [1.29, 1.82) is 0 Å². The third-order valence-corrected chi connectivity index (χ3v) is 5.27. The highest BCUT2D eigenvalue weighted by Gasteiger charge is 2.63. The molecule has 0 radical (unpaired) electrons. The van der Waals surface area contributed by atoms with Gasteiger partial charge in [0, 0.05) is 12.5 Å². The van der Waals surface area contributed by atoms with Crippen molar-refractivity contribution in [2.45, 2.75) is 52.6 Å². The van der Waals surface area contributed by atoms with E-state index in [1.165, 1.54) is 25.7 Å². The van der Waals surface area contributed by atoms with E-state index in [1.54, 1.807) is 0 Å². The van der Waals surface area contributed by atoms with E-state index in [4.69, 9.17) is 4.74 Å². The van der Waals surface area contributed by atoms with Gasteiger partial charge < -0.3 is 4.74 Å². The molecule has 1 nitrogen and oxygen atoms in total. The summed E-state index contributed by atoms with van der Waals surface area (Å²) in [7, 11) is 1.89. The number of ether oxygens (including phenoxy) is 1. The maximum absolute atomic E-state index is 5.67. The zero-order valence-corrected chi connectivity index (χ0v) is 9.39. The zero-order valence-electron chi connectivity index (χ0n) is 9.39. The predicted octanol–water partition coefficient (Wildman–Crippen LogP) is 3.24. The molecule has 0 aliphatic heterocycles. The van der Waals surface area contributed by atoms with E-state index in [9.17, 15) is 0 Å². The summed E-state index contributed by atoms with van der Waals surface area (Å²) in [6.45, 7) is 7.24.